The summed E-state index contributed by atoms with van der Waals surface area (Å²) in [5.74, 6) is 1.29. The number of carbonyl (C=O) groups is 1. The highest BCUT2D eigenvalue weighted by Gasteiger charge is 2.41. The minimum Gasteiger partial charge on any atom is -0.453 e. The second kappa shape index (κ2) is 13.7. The number of benzene rings is 1. The maximum atomic E-state index is 15.0. The molecule has 0 radical (unpaired) electrons. The van der Waals surface area contributed by atoms with Gasteiger partial charge in [0.1, 0.15) is 23.7 Å². The molecule has 1 amide bonds. The number of carbonyl (C=O) groups excluding carboxylic acids is 1. The van der Waals surface area contributed by atoms with Crippen LogP contribution < -0.4 is 15.8 Å². The molecule has 3 aromatic heterocycles. The van der Waals surface area contributed by atoms with Gasteiger partial charge in [0.15, 0.2) is 28.9 Å². The summed E-state index contributed by atoms with van der Waals surface area (Å²) in [6, 6.07) is 6.69. The number of hydrogen-bond acceptors (Lipinski definition) is 8. The van der Waals surface area contributed by atoms with Gasteiger partial charge < -0.3 is 25.3 Å². The van der Waals surface area contributed by atoms with Crippen LogP contribution in [0.25, 0.3) is 5.82 Å². The van der Waals surface area contributed by atoms with Gasteiger partial charge in [-0.05, 0) is 30.7 Å². The van der Waals surface area contributed by atoms with E-state index in [-0.39, 0.29) is 39.9 Å². The fourth-order valence-corrected chi connectivity index (χ4v) is 3.68. The number of ether oxygens (including phenoxy) is 3. The highest BCUT2D eigenvalue weighted by Crippen LogP contribution is 2.35. The number of alkyl halides is 3. The fraction of sp³-hybridized carbons (Fsp3) is 0.214. The molecule has 1 aromatic carbocycles. The SMILES string of the molecule is COCCCOCC#Cc1c(Oc2ccc(NC(=O)c3cnn(-c4ncccc4F)c3C(F)(F)F)cc2F)ccnc1N. The van der Waals surface area contributed by atoms with Gasteiger partial charge >= 0.3 is 6.18 Å². The molecular weight excluding hydrogens is 579 g/mol. The van der Waals surface area contributed by atoms with Gasteiger partial charge in [0, 0.05) is 43.9 Å². The molecule has 0 unspecified atom stereocenters. The van der Waals surface area contributed by atoms with E-state index in [2.05, 4.69) is 32.2 Å². The molecule has 224 valence electrons. The first-order chi connectivity index (χ1) is 20.6. The van der Waals surface area contributed by atoms with Crippen LogP contribution >= 0.6 is 0 Å². The van der Waals surface area contributed by atoms with Crippen molar-refractivity contribution in [2.75, 3.05) is 38.0 Å². The number of nitrogens with two attached hydrogens (primary N) is 1. The van der Waals surface area contributed by atoms with E-state index >= 15 is 0 Å². The van der Waals surface area contributed by atoms with Crippen LogP contribution in [0.1, 0.15) is 28.0 Å². The molecule has 10 nitrogen and oxygen atoms in total. The van der Waals surface area contributed by atoms with Gasteiger partial charge in [0.2, 0.25) is 0 Å². The third kappa shape index (κ3) is 7.61. The van der Waals surface area contributed by atoms with Crippen LogP contribution in [0.4, 0.5) is 33.5 Å². The molecule has 0 bridgehead atoms. The molecule has 0 aliphatic heterocycles. The van der Waals surface area contributed by atoms with Crippen molar-refractivity contribution in [1.29, 1.82) is 0 Å². The molecular formula is C28H23F5N6O4. The summed E-state index contributed by atoms with van der Waals surface area (Å²) >= 11 is 0. The number of rotatable bonds is 10. The molecule has 0 saturated carbocycles. The van der Waals surface area contributed by atoms with Crippen LogP contribution in [-0.4, -0.2) is 52.6 Å². The molecule has 0 aliphatic rings. The van der Waals surface area contributed by atoms with Crippen LogP contribution in [0.5, 0.6) is 11.5 Å². The average Bonchev–Trinajstić information content (AvgIpc) is 3.42. The Morgan fingerprint density at radius 2 is 1.88 bits per heavy atom. The number of hydrogen-bond donors (Lipinski definition) is 2. The number of methoxy groups -OCH3 is 1. The number of anilines is 2. The van der Waals surface area contributed by atoms with E-state index in [1.54, 1.807) is 7.11 Å². The predicted octanol–water partition coefficient (Wildman–Crippen LogP) is 4.99. The minimum absolute atomic E-state index is 0.0280. The summed E-state index contributed by atoms with van der Waals surface area (Å²) in [7, 11) is 1.58. The fourth-order valence-electron chi connectivity index (χ4n) is 3.68. The van der Waals surface area contributed by atoms with E-state index in [0.717, 1.165) is 24.4 Å². The Kier molecular flexibility index (Phi) is 9.86. The summed E-state index contributed by atoms with van der Waals surface area (Å²) in [6.07, 6.45) is -1.41. The van der Waals surface area contributed by atoms with Gasteiger partial charge in [0.05, 0.1) is 18.4 Å². The van der Waals surface area contributed by atoms with E-state index in [1.165, 1.54) is 24.4 Å². The Balaban J connectivity index is 1.51. The lowest BCUT2D eigenvalue weighted by Crippen LogP contribution is -2.21. The highest BCUT2D eigenvalue weighted by atomic mass is 19.4. The summed E-state index contributed by atoms with van der Waals surface area (Å²) in [6.45, 7) is 1.07. The van der Waals surface area contributed by atoms with E-state index in [9.17, 15) is 26.7 Å². The Hall–Kier alpha value is -5.07. The molecule has 0 fully saturated rings. The molecule has 15 heteroatoms. The van der Waals surface area contributed by atoms with Gasteiger partial charge in [0.25, 0.3) is 5.91 Å². The summed E-state index contributed by atoms with van der Waals surface area (Å²) in [5.41, 5.74) is 3.40. The Morgan fingerprint density at radius 1 is 1.07 bits per heavy atom. The summed E-state index contributed by atoms with van der Waals surface area (Å²) in [5, 5.41) is 5.69. The second-order valence-corrected chi connectivity index (χ2v) is 8.60. The number of pyridine rings is 2. The van der Waals surface area contributed by atoms with Gasteiger partial charge in [-0.1, -0.05) is 11.8 Å². The molecule has 0 spiro atoms. The lowest BCUT2D eigenvalue weighted by Gasteiger charge is -2.13. The van der Waals surface area contributed by atoms with Crippen LogP contribution in [0.2, 0.25) is 0 Å². The van der Waals surface area contributed by atoms with Crippen molar-refractivity contribution in [3.05, 3.63) is 83.4 Å². The first-order valence-corrected chi connectivity index (χ1v) is 12.4. The van der Waals surface area contributed by atoms with Crippen LogP contribution in [0, 0.1) is 23.5 Å². The second-order valence-electron chi connectivity index (χ2n) is 8.60. The standard InChI is InChI=1S/C28H23F5N6O4/c1-41-12-4-14-42-13-3-5-18-22(9-11-35-25(18)34)43-23-8-7-17(15-21(23)30)38-27(40)19-16-37-39(24(19)28(31,32)33)26-20(29)6-2-10-36-26/h2,6-11,15-16H,4,12-14H2,1H3,(H2,34,35)(H,38,40). The van der Waals surface area contributed by atoms with Crippen molar-refractivity contribution in [3.63, 3.8) is 0 Å². The average molecular weight is 603 g/mol. The zero-order valence-corrected chi connectivity index (χ0v) is 22.4. The Morgan fingerprint density at radius 3 is 2.60 bits per heavy atom. The van der Waals surface area contributed by atoms with Crippen LogP contribution in [0.15, 0.2) is 55.0 Å². The smallest absolute Gasteiger partial charge is 0.434 e. The lowest BCUT2D eigenvalue weighted by molar-refractivity contribution is -0.143. The molecule has 4 aromatic rings. The van der Waals surface area contributed by atoms with Crippen LogP contribution in [-0.2, 0) is 15.7 Å². The van der Waals surface area contributed by atoms with Crippen molar-refractivity contribution in [2.45, 2.75) is 12.6 Å². The van der Waals surface area contributed by atoms with Crippen molar-refractivity contribution >= 4 is 17.4 Å². The van der Waals surface area contributed by atoms with Crippen molar-refractivity contribution in [1.82, 2.24) is 19.7 Å². The molecule has 3 heterocycles. The number of halogens is 5. The third-order valence-corrected chi connectivity index (χ3v) is 5.60. The minimum atomic E-state index is -5.11. The molecule has 4 rings (SSSR count). The Bertz CT molecular complexity index is 1670. The zero-order valence-electron chi connectivity index (χ0n) is 22.4. The molecule has 3 N–H and O–H groups in total. The topological polar surface area (TPSA) is 126 Å². The van der Waals surface area contributed by atoms with E-state index in [1.807, 2.05) is 0 Å². The highest BCUT2D eigenvalue weighted by molar-refractivity contribution is 6.05. The largest absolute Gasteiger partial charge is 0.453 e. The van der Waals surface area contributed by atoms with Gasteiger partial charge in [-0.3, -0.25) is 4.79 Å². The third-order valence-electron chi connectivity index (χ3n) is 5.60. The van der Waals surface area contributed by atoms with Crippen molar-refractivity contribution in [3.8, 4) is 29.2 Å². The normalized spacial score (nSPS) is 11.1. The Labute approximate surface area is 241 Å². The number of amides is 1. The molecule has 0 aliphatic carbocycles. The summed E-state index contributed by atoms with van der Waals surface area (Å²) < 4.78 is 86.9. The van der Waals surface area contributed by atoms with E-state index in [4.69, 9.17) is 19.9 Å². The maximum Gasteiger partial charge on any atom is 0.434 e. The van der Waals surface area contributed by atoms with Crippen molar-refractivity contribution in [2.24, 2.45) is 0 Å². The number of nitrogens with one attached hydrogen (secondary N) is 1. The maximum absolute atomic E-state index is 15.0. The van der Waals surface area contributed by atoms with Crippen molar-refractivity contribution < 1.29 is 41.0 Å². The first kappa shape index (κ1) is 30.9. The first-order valence-electron chi connectivity index (χ1n) is 12.4. The molecule has 0 saturated heterocycles. The lowest BCUT2D eigenvalue weighted by atomic mass is 10.2. The number of aromatic nitrogens is 4. The summed E-state index contributed by atoms with van der Waals surface area (Å²) in [4.78, 5) is 20.3. The predicted molar refractivity (Wildman–Crippen MR) is 144 cm³/mol. The van der Waals surface area contributed by atoms with Gasteiger partial charge in [-0.15, -0.1) is 0 Å². The zero-order chi connectivity index (χ0) is 31.0. The van der Waals surface area contributed by atoms with E-state index < -0.39 is 40.8 Å². The molecule has 0 atom stereocenters. The van der Waals surface area contributed by atoms with Gasteiger partial charge in [-0.2, -0.15) is 18.3 Å². The van der Waals surface area contributed by atoms with E-state index in [0.29, 0.717) is 25.8 Å². The monoisotopic (exact) mass is 602 g/mol. The molecule has 43 heavy (non-hydrogen) atoms. The quantitative estimate of drug-likeness (QED) is 0.148. The van der Waals surface area contributed by atoms with Gasteiger partial charge in [-0.25, -0.2) is 23.4 Å². The number of nitrogen functional groups attached to an aromatic ring is 1. The van der Waals surface area contributed by atoms with Crippen LogP contribution in [0.3, 0.4) is 0 Å². The number of nitrogens with zero attached hydrogens (tertiary/aromatic N) is 4.